The van der Waals surface area contributed by atoms with Crippen LogP contribution < -0.4 is 10.1 Å². The van der Waals surface area contributed by atoms with Gasteiger partial charge in [-0.1, -0.05) is 35.9 Å². The summed E-state index contributed by atoms with van der Waals surface area (Å²) in [6.07, 6.45) is 2.49. The van der Waals surface area contributed by atoms with Crippen LogP contribution in [0, 0.1) is 0 Å². The maximum Gasteiger partial charge on any atom is 0.261 e. The van der Waals surface area contributed by atoms with E-state index in [1.165, 1.54) is 11.3 Å². The lowest BCUT2D eigenvalue weighted by Crippen LogP contribution is -2.12. The van der Waals surface area contributed by atoms with Crippen LogP contribution >= 0.6 is 22.9 Å². The molecule has 0 aliphatic carbocycles. The Labute approximate surface area is 149 Å². The van der Waals surface area contributed by atoms with Crippen LogP contribution in [0.4, 0.5) is 5.13 Å². The number of nitrogens with zero attached hydrogens (tertiary/aromatic N) is 1. The Morgan fingerprint density at radius 1 is 1.25 bits per heavy atom. The predicted molar refractivity (Wildman–Crippen MR) is 97.3 cm³/mol. The number of rotatable bonds is 5. The molecule has 122 valence electrons. The minimum Gasteiger partial charge on any atom is -0.496 e. The number of hydrogen-bond acceptors (Lipinski definition) is 4. The van der Waals surface area contributed by atoms with Gasteiger partial charge in [-0.2, -0.15) is 0 Å². The highest BCUT2D eigenvalue weighted by atomic mass is 35.5. The van der Waals surface area contributed by atoms with Crippen LogP contribution in [0.3, 0.4) is 0 Å². The molecule has 6 heteroatoms. The quantitative estimate of drug-likeness (QED) is 0.722. The third-order valence-electron chi connectivity index (χ3n) is 3.39. The summed E-state index contributed by atoms with van der Waals surface area (Å²) in [4.78, 5) is 17.7. The fraction of sp³-hybridized carbons (Fsp3) is 0.111. The topological polar surface area (TPSA) is 51.2 Å². The lowest BCUT2D eigenvalue weighted by Gasteiger charge is -2.06. The number of para-hydroxylation sites is 1. The van der Waals surface area contributed by atoms with Crippen molar-refractivity contribution < 1.29 is 9.53 Å². The Kier molecular flexibility index (Phi) is 5.13. The highest BCUT2D eigenvalue weighted by Gasteiger charge is 2.13. The van der Waals surface area contributed by atoms with Crippen LogP contribution in [0.25, 0.3) is 0 Å². The number of anilines is 1. The second-order valence-corrected chi connectivity index (χ2v) is 6.64. The van der Waals surface area contributed by atoms with Crippen LogP contribution in [-0.4, -0.2) is 18.0 Å². The van der Waals surface area contributed by atoms with Gasteiger partial charge in [0.2, 0.25) is 0 Å². The number of methoxy groups -OCH3 is 1. The summed E-state index contributed by atoms with van der Waals surface area (Å²) >= 11 is 7.44. The monoisotopic (exact) mass is 358 g/mol. The molecule has 0 fully saturated rings. The van der Waals surface area contributed by atoms with Gasteiger partial charge in [-0.05, 0) is 29.8 Å². The first-order valence-corrected chi connectivity index (χ1v) is 8.48. The fourth-order valence-electron chi connectivity index (χ4n) is 2.29. The first-order valence-electron chi connectivity index (χ1n) is 7.29. The highest BCUT2D eigenvalue weighted by Crippen LogP contribution is 2.24. The van der Waals surface area contributed by atoms with E-state index in [2.05, 4.69) is 10.3 Å². The molecule has 3 rings (SSSR count). The molecule has 1 N–H and O–H groups in total. The van der Waals surface area contributed by atoms with E-state index < -0.39 is 0 Å². The van der Waals surface area contributed by atoms with Crippen molar-refractivity contribution in [2.45, 2.75) is 6.42 Å². The maximum atomic E-state index is 12.4. The van der Waals surface area contributed by atoms with Gasteiger partial charge in [0, 0.05) is 22.5 Å². The van der Waals surface area contributed by atoms with E-state index in [0.29, 0.717) is 21.5 Å². The molecule has 0 aliphatic heterocycles. The van der Waals surface area contributed by atoms with Crippen LogP contribution in [-0.2, 0) is 6.42 Å². The van der Waals surface area contributed by atoms with Crippen molar-refractivity contribution in [1.82, 2.24) is 4.98 Å². The summed E-state index contributed by atoms with van der Waals surface area (Å²) in [5.74, 6) is 0.293. The molecule has 1 amide bonds. The number of nitrogens with one attached hydrogen (secondary N) is 1. The summed E-state index contributed by atoms with van der Waals surface area (Å²) in [6, 6.07) is 14.8. The van der Waals surface area contributed by atoms with E-state index >= 15 is 0 Å². The average Bonchev–Trinajstić information content (AvgIpc) is 3.01. The van der Waals surface area contributed by atoms with Crippen molar-refractivity contribution in [3.05, 3.63) is 75.8 Å². The van der Waals surface area contributed by atoms with Gasteiger partial charge < -0.3 is 4.74 Å². The standard InChI is InChI=1S/C18H15ClN2O2S/c1-23-16-8-3-2-7-15(16)17(22)21-18-20-11-14(24-18)10-12-5-4-6-13(19)9-12/h2-9,11H,10H2,1H3,(H,20,21,22). The molecule has 24 heavy (non-hydrogen) atoms. The molecule has 0 unspecified atom stereocenters. The number of halogens is 1. The van der Waals surface area contributed by atoms with Gasteiger partial charge in [-0.15, -0.1) is 11.3 Å². The van der Waals surface area contributed by atoms with Gasteiger partial charge in [0.25, 0.3) is 5.91 Å². The number of amides is 1. The Hall–Kier alpha value is -2.37. The van der Waals surface area contributed by atoms with Gasteiger partial charge in [-0.25, -0.2) is 4.98 Å². The predicted octanol–water partition coefficient (Wildman–Crippen LogP) is 4.65. The normalized spacial score (nSPS) is 10.4. The number of ether oxygens (including phenoxy) is 1. The van der Waals surface area contributed by atoms with Crippen molar-refractivity contribution in [2.75, 3.05) is 12.4 Å². The molecule has 0 atom stereocenters. The van der Waals surface area contributed by atoms with Crippen molar-refractivity contribution in [3.63, 3.8) is 0 Å². The van der Waals surface area contributed by atoms with Crippen molar-refractivity contribution >= 4 is 34.0 Å². The molecular formula is C18H15ClN2O2S. The second kappa shape index (κ2) is 7.47. The molecule has 0 saturated heterocycles. The Balaban J connectivity index is 1.71. The lowest BCUT2D eigenvalue weighted by molar-refractivity contribution is 0.102. The van der Waals surface area contributed by atoms with Crippen LogP contribution in [0.1, 0.15) is 20.8 Å². The molecule has 4 nitrogen and oxygen atoms in total. The van der Waals surface area contributed by atoms with Crippen molar-refractivity contribution in [2.24, 2.45) is 0 Å². The summed E-state index contributed by atoms with van der Waals surface area (Å²) in [5.41, 5.74) is 1.58. The largest absolute Gasteiger partial charge is 0.496 e. The molecule has 0 radical (unpaired) electrons. The van der Waals surface area contributed by atoms with Crippen LogP contribution in [0.15, 0.2) is 54.7 Å². The first kappa shape index (κ1) is 16.5. The highest BCUT2D eigenvalue weighted by molar-refractivity contribution is 7.15. The number of carbonyl (C=O) groups excluding carboxylic acids is 1. The molecular weight excluding hydrogens is 344 g/mol. The minimum absolute atomic E-state index is 0.240. The molecule has 1 heterocycles. The zero-order valence-electron chi connectivity index (χ0n) is 13.0. The Bertz CT molecular complexity index is 863. The maximum absolute atomic E-state index is 12.4. The molecule has 0 saturated carbocycles. The third kappa shape index (κ3) is 3.93. The van der Waals surface area contributed by atoms with Gasteiger partial charge in [0.05, 0.1) is 12.7 Å². The van der Waals surface area contributed by atoms with Crippen molar-refractivity contribution in [1.29, 1.82) is 0 Å². The Morgan fingerprint density at radius 2 is 2.08 bits per heavy atom. The third-order valence-corrected chi connectivity index (χ3v) is 4.54. The number of aromatic nitrogens is 1. The summed E-state index contributed by atoms with van der Waals surface area (Å²) in [5, 5.41) is 4.08. The summed E-state index contributed by atoms with van der Waals surface area (Å²) in [6.45, 7) is 0. The fourth-order valence-corrected chi connectivity index (χ4v) is 3.35. The summed E-state index contributed by atoms with van der Waals surface area (Å²) < 4.78 is 5.21. The van der Waals surface area contributed by atoms with E-state index in [9.17, 15) is 4.79 Å². The number of carbonyl (C=O) groups is 1. The SMILES string of the molecule is COc1ccccc1C(=O)Nc1ncc(Cc2cccc(Cl)c2)s1. The van der Waals surface area contributed by atoms with Gasteiger partial charge >= 0.3 is 0 Å². The smallest absolute Gasteiger partial charge is 0.261 e. The molecule has 3 aromatic rings. The lowest BCUT2D eigenvalue weighted by atomic mass is 10.1. The Morgan fingerprint density at radius 3 is 2.88 bits per heavy atom. The average molecular weight is 359 g/mol. The van der Waals surface area contributed by atoms with E-state index in [-0.39, 0.29) is 5.91 Å². The molecule has 2 aromatic carbocycles. The number of benzene rings is 2. The van der Waals surface area contributed by atoms with Gasteiger partial charge in [0.15, 0.2) is 5.13 Å². The second-order valence-electron chi connectivity index (χ2n) is 5.09. The zero-order valence-corrected chi connectivity index (χ0v) is 14.5. The van der Waals surface area contributed by atoms with Gasteiger partial charge in [0.1, 0.15) is 5.75 Å². The minimum atomic E-state index is -0.240. The van der Waals surface area contributed by atoms with Crippen LogP contribution in [0.5, 0.6) is 5.75 Å². The van der Waals surface area contributed by atoms with E-state index in [0.717, 1.165) is 16.9 Å². The number of thiazole rings is 1. The first-order chi connectivity index (χ1) is 11.7. The molecule has 0 bridgehead atoms. The van der Waals surface area contributed by atoms with E-state index in [4.69, 9.17) is 16.3 Å². The van der Waals surface area contributed by atoms with E-state index in [1.54, 1.807) is 31.5 Å². The van der Waals surface area contributed by atoms with Crippen molar-refractivity contribution in [3.8, 4) is 5.75 Å². The van der Waals surface area contributed by atoms with E-state index in [1.807, 2.05) is 30.3 Å². The summed E-state index contributed by atoms with van der Waals surface area (Å²) in [7, 11) is 1.54. The van der Waals surface area contributed by atoms with Crippen LogP contribution in [0.2, 0.25) is 5.02 Å². The molecule has 1 aromatic heterocycles. The van der Waals surface area contributed by atoms with Gasteiger partial charge in [-0.3, -0.25) is 10.1 Å². The molecule has 0 spiro atoms. The molecule has 0 aliphatic rings. The zero-order chi connectivity index (χ0) is 16.9. The number of hydrogen-bond donors (Lipinski definition) is 1.